The van der Waals surface area contributed by atoms with Gasteiger partial charge in [-0.05, 0) is 50.0 Å². The van der Waals surface area contributed by atoms with Crippen molar-refractivity contribution in [3.05, 3.63) is 36.2 Å². The topological polar surface area (TPSA) is 76.3 Å². The fourth-order valence-electron chi connectivity index (χ4n) is 3.02. The first-order valence-corrected chi connectivity index (χ1v) is 9.09. The van der Waals surface area contributed by atoms with Gasteiger partial charge in [-0.25, -0.2) is 4.98 Å². The van der Waals surface area contributed by atoms with E-state index in [9.17, 15) is 0 Å². The molecule has 1 fully saturated rings. The number of piperidine rings is 1. The molecule has 3 N–H and O–H groups in total. The first-order valence-electron chi connectivity index (χ1n) is 9.09. The van der Waals surface area contributed by atoms with Crippen LogP contribution in [-0.2, 0) is 6.42 Å². The van der Waals surface area contributed by atoms with Gasteiger partial charge in [0.1, 0.15) is 17.8 Å². The molecule has 0 aliphatic carbocycles. The van der Waals surface area contributed by atoms with Crippen molar-refractivity contribution in [2.24, 2.45) is 0 Å². The number of anilines is 2. The zero-order chi connectivity index (χ0) is 17.5. The van der Waals surface area contributed by atoms with E-state index in [1.54, 1.807) is 0 Å². The summed E-state index contributed by atoms with van der Waals surface area (Å²) in [5.74, 6) is 1.74. The van der Waals surface area contributed by atoms with Gasteiger partial charge in [0.2, 0.25) is 5.88 Å². The predicted octanol–water partition coefficient (Wildman–Crippen LogP) is 3.31. The first kappa shape index (κ1) is 17.5. The zero-order valence-electron chi connectivity index (χ0n) is 14.9. The van der Waals surface area contributed by atoms with Gasteiger partial charge in [0.05, 0.1) is 0 Å². The van der Waals surface area contributed by atoms with Crippen molar-refractivity contribution in [1.29, 1.82) is 0 Å². The monoisotopic (exact) mass is 341 g/mol. The Bertz CT molecular complexity index is 668. The summed E-state index contributed by atoms with van der Waals surface area (Å²) >= 11 is 0. The molecule has 1 aromatic heterocycles. The van der Waals surface area contributed by atoms with Crippen LogP contribution in [0.4, 0.5) is 11.5 Å². The standard InChI is InChI=1S/C19H27N5O/c1-2-15-6-8-16(9-7-15)25-19-17(20)18(22-14-23-19)21-10-13-24-11-4-3-5-12-24/h6-9,14H,2-5,10-13,20H2,1H3,(H,21,22,23). The van der Waals surface area contributed by atoms with Gasteiger partial charge in [-0.3, -0.25) is 0 Å². The number of aromatic nitrogens is 2. The number of likely N-dealkylation sites (tertiary alicyclic amines) is 1. The molecule has 2 aromatic rings. The van der Waals surface area contributed by atoms with E-state index >= 15 is 0 Å². The van der Waals surface area contributed by atoms with Gasteiger partial charge in [0.15, 0.2) is 5.82 Å². The normalized spacial score (nSPS) is 15.1. The van der Waals surface area contributed by atoms with Crippen LogP contribution >= 0.6 is 0 Å². The third-order valence-electron chi connectivity index (χ3n) is 4.56. The number of rotatable bonds is 7. The molecule has 1 aliphatic rings. The third kappa shape index (κ3) is 4.82. The molecule has 6 heteroatoms. The molecule has 3 rings (SSSR count). The lowest BCUT2D eigenvalue weighted by atomic mass is 10.1. The highest BCUT2D eigenvalue weighted by molar-refractivity contribution is 5.66. The van der Waals surface area contributed by atoms with Crippen LogP contribution in [0.5, 0.6) is 11.6 Å². The summed E-state index contributed by atoms with van der Waals surface area (Å²) < 4.78 is 5.82. The van der Waals surface area contributed by atoms with E-state index in [0.29, 0.717) is 17.4 Å². The lowest BCUT2D eigenvalue weighted by Crippen LogP contribution is -2.33. The Kier molecular flexibility index (Phi) is 6.06. The average Bonchev–Trinajstić information content (AvgIpc) is 2.66. The smallest absolute Gasteiger partial charge is 0.248 e. The minimum absolute atomic E-state index is 0.389. The lowest BCUT2D eigenvalue weighted by Gasteiger charge is -2.26. The molecule has 0 amide bonds. The SMILES string of the molecule is CCc1ccc(Oc2ncnc(NCCN3CCCCC3)c2N)cc1. The number of nitrogen functional groups attached to an aromatic ring is 1. The van der Waals surface area contributed by atoms with E-state index in [1.165, 1.54) is 44.2 Å². The summed E-state index contributed by atoms with van der Waals surface area (Å²) in [5, 5.41) is 3.31. The fraction of sp³-hybridized carbons (Fsp3) is 0.474. The Balaban J connectivity index is 1.58. The highest BCUT2D eigenvalue weighted by Gasteiger charge is 2.12. The molecular formula is C19H27N5O. The Hall–Kier alpha value is -2.34. The molecule has 0 bridgehead atoms. The Morgan fingerprint density at radius 2 is 1.88 bits per heavy atom. The molecule has 1 saturated heterocycles. The van der Waals surface area contributed by atoms with Crippen LogP contribution in [0.3, 0.4) is 0 Å². The Morgan fingerprint density at radius 1 is 1.12 bits per heavy atom. The van der Waals surface area contributed by atoms with Crippen LogP contribution < -0.4 is 15.8 Å². The number of ether oxygens (including phenoxy) is 1. The van der Waals surface area contributed by atoms with Gasteiger partial charge in [-0.15, -0.1) is 0 Å². The zero-order valence-corrected chi connectivity index (χ0v) is 14.9. The van der Waals surface area contributed by atoms with Gasteiger partial charge >= 0.3 is 0 Å². The second-order valence-electron chi connectivity index (χ2n) is 6.37. The summed E-state index contributed by atoms with van der Waals surface area (Å²) in [4.78, 5) is 10.9. The maximum atomic E-state index is 6.18. The highest BCUT2D eigenvalue weighted by Crippen LogP contribution is 2.29. The van der Waals surface area contributed by atoms with Gasteiger partial charge in [-0.1, -0.05) is 25.5 Å². The third-order valence-corrected chi connectivity index (χ3v) is 4.56. The van der Waals surface area contributed by atoms with E-state index in [0.717, 1.165) is 25.3 Å². The van der Waals surface area contributed by atoms with E-state index < -0.39 is 0 Å². The van der Waals surface area contributed by atoms with Crippen LogP contribution in [0.2, 0.25) is 0 Å². The second-order valence-corrected chi connectivity index (χ2v) is 6.37. The van der Waals surface area contributed by atoms with Gasteiger partial charge < -0.3 is 20.7 Å². The molecule has 6 nitrogen and oxygen atoms in total. The van der Waals surface area contributed by atoms with Crippen LogP contribution in [0.15, 0.2) is 30.6 Å². The number of benzene rings is 1. The van der Waals surface area contributed by atoms with Crippen molar-refractivity contribution >= 4 is 11.5 Å². The Morgan fingerprint density at radius 3 is 2.60 bits per heavy atom. The summed E-state index contributed by atoms with van der Waals surface area (Å²) in [6, 6.07) is 7.96. The molecule has 0 saturated carbocycles. The molecule has 2 heterocycles. The minimum atomic E-state index is 0.389. The van der Waals surface area contributed by atoms with Gasteiger partial charge in [-0.2, -0.15) is 4.98 Å². The van der Waals surface area contributed by atoms with Crippen LogP contribution in [0.1, 0.15) is 31.7 Å². The molecule has 1 aromatic carbocycles. The molecular weight excluding hydrogens is 314 g/mol. The van der Waals surface area contributed by atoms with Crippen molar-refractivity contribution in [3.63, 3.8) is 0 Å². The minimum Gasteiger partial charge on any atom is -0.437 e. The van der Waals surface area contributed by atoms with Crippen LogP contribution in [0.25, 0.3) is 0 Å². The molecule has 0 atom stereocenters. The molecule has 0 spiro atoms. The number of nitrogens with zero attached hydrogens (tertiary/aromatic N) is 3. The summed E-state index contributed by atoms with van der Waals surface area (Å²) in [6.07, 6.45) is 6.42. The largest absolute Gasteiger partial charge is 0.437 e. The molecule has 1 aliphatic heterocycles. The number of hydrogen-bond donors (Lipinski definition) is 2. The van der Waals surface area contributed by atoms with Crippen molar-refractivity contribution in [1.82, 2.24) is 14.9 Å². The maximum absolute atomic E-state index is 6.18. The fourth-order valence-corrected chi connectivity index (χ4v) is 3.02. The number of aryl methyl sites for hydroxylation is 1. The quantitative estimate of drug-likeness (QED) is 0.804. The summed E-state index contributed by atoms with van der Waals surface area (Å²) in [5.41, 5.74) is 7.89. The maximum Gasteiger partial charge on any atom is 0.248 e. The van der Waals surface area contributed by atoms with E-state index in [-0.39, 0.29) is 0 Å². The predicted molar refractivity (Wildman–Crippen MR) is 101 cm³/mol. The lowest BCUT2D eigenvalue weighted by molar-refractivity contribution is 0.237. The first-order chi connectivity index (χ1) is 12.3. The van der Waals surface area contributed by atoms with E-state index in [1.807, 2.05) is 24.3 Å². The molecule has 0 radical (unpaired) electrons. The second kappa shape index (κ2) is 8.67. The Labute approximate surface area is 149 Å². The number of nitrogens with two attached hydrogens (primary N) is 1. The molecule has 134 valence electrons. The average molecular weight is 341 g/mol. The number of nitrogens with one attached hydrogen (secondary N) is 1. The van der Waals surface area contributed by atoms with Crippen molar-refractivity contribution in [2.75, 3.05) is 37.2 Å². The van der Waals surface area contributed by atoms with Gasteiger partial charge in [0, 0.05) is 13.1 Å². The van der Waals surface area contributed by atoms with E-state index in [2.05, 4.69) is 27.1 Å². The van der Waals surface area contributed by atoms with E-state index in [4.69, 9.17) is 10.5 Å². The van der Waals surface area contributed by atoms with Crippen LogP contribution in [0, 0.1) is 0 Å². The molecule has 0 unspecified atom stereocenters. The van der Waals surface area contributed by atoms with Crippen molar-refractivity contribution in [3.8, 4) is 11.6 Å². The summed E-state index contributed by atoms with van der Waals surface area (Å²) in [6.45, 7) is 6.30. The van der Waals surface area contributed by atoms with Crippen LogP contribution in [-0.4, -0.2) is 41.0 Å². The van der Waals surface area contributed by atoms with Crippen molar-refractivity contribution in [2.45, 2.75) is 32.6 Å². The summed E-state index contributed by atoms with van der Waals surface area (Å²) in [7, 11) is 0. The molecule has 25 heavy (non-hydrogen) atoms. The van der Waals surface area contributed by atoms with Crippen molar-refractivity contribution < 1.29 is 4.74 Å². The number of hydrogen-bond acceptors (Lipinski definition) is 6. The highest BCUT2D eigenvalue weighted by atomic mass is 16.5. The van der Waals surface area contributed by atoms with Gasteiger partial charge in [0.25, 0.3) is 0 Å².